The molecular weight excluding hydrogens is 583 g/mol. The van der Waals surface area contributed by atoms with Crippen LogP contribution in [0.3, 0.4) is 0 Å². The molecule has 0 saturated carbocycles. The third kappa shape index (κ3) is 6.51. The molecule has 0 aliphatic carbocycles. The van der Waals surface area contributed by atoms with E-state index in [2.05, 4.69) is 5.32 Å². The van der Waals surface area contributed by atoms with Crippen LogP contribution in [0.5, 0.6) is 11.5 Å². The molecule has 0 spiro atoms. The fraction of sp³-hybridized carbons (Fsp3) is 0.257. The number of anilines is 1. The normalized spacial score (nSPS) is 15.7. The molecule has 8 heteroatoms. The molecule has 222 valence electrons. The van der Waals surface area contributed by atoms with E-state index < -0.39 is 5.41 Å². The number of amides is 2. The van der Waals surface area contributed by atoms with Gasteiger partial charge in [-0.1, -0.05) is 53.5 Å². The summed E-state index contributed by atoms with van der Waals surface area (Å²) in [4.78, 5) is 28.9. The molecule has 1 heterocycles. The van der Waals surface area contributed by atoms with Crippen LogP contribution in [0.15, 0.2) is 84.9 Å². The van der Waals surface area contributed by atoms with Gasteiger partial charge in [0.25, 0.3) is 5.91 Å². The van der Waals surface area contributed by atoms with Gasteiger partial charge in [0.15, 0.2) is 0 Å². The van der Waals surface area contributed by atoms with E-state index in [0.717, 1.165) is 34.4 Å². The first-order valence-electron chi connectivity index (χ1n) is 14.2. The van der Waals surface area contributed by atoms with E-state index in [0.29, 0.717) is 53.0 Å². The molecule has 0 radical (unpaired) electrons. The van der Waals surface area contributed by atoms with Gasteiger partial charge in [-0.05, 0) is 91.4 Å². The lowest BCUT2D eigenvalue weighted by atomic mass is 9.78. The Morgan fingerprint density at radius 3 is 2.42 bits per heavy atom. The molecule has 1 aliphatic heterocycles. The first-order valence-corrected chi connectivity index (χ1v) is 14.9. The summed E-state index contributed by atoms with van der Waals surface area (Å²) in [6.45, 7) is 2.80. The lowest BCUT2D eigenvalue weighted by Gasteiger charge is -2.25. The van der Waals surface area contributed by atoms with Crippen molar-refractivity contribution in [3.8, 4) is 11.5 Å². The van der Waals surface area contributed by atoms with Crippen LogP contribution in [0.2, 0.25) is 10.0 Å². The van der Waals surface area contributed by atoms with Crippen molar-refractivity contribution in [3.05, 3.63) is 123 Å². The van der Waals surface area contributed by atoms with E-state index in [1.54, 1.807) is 37.3 Å². The molecule has 0 bridgehead atoms. The largest absolute Gasteiger partial charge is 0.497 e. The fourth-order valence-corrected chi connectivity index (χ4v) is 6.00. The molecule has 0 saturated heterocycles. The molecule has 4 aromatic carbocycles. The van der Waals surface area contributed by atoms with Crippen LogP contribution in [-0.4, -0.2) is 32.6 Å². The predicted octanol–water partition coefficient (Wildman–Crippen LogP) is 7.42. The van der Waals surface area contributed by atoms with Crippen molar-refractivity contribution in [2.45, 2.75) is 38.1 Å². The molecule has 1 aliphatic rings. The quantitative estimate of drug-likeness (QED) is 0.190. The van der Waals surface area contributed by atoms with Gasteiger partial charge in [-0.25, -0.2) is 0 Å². The van der Waals surface area contributed by atoms with Crippen molar-refractivity contribution in [3.63, 3.8) is 0 Å². The molecule has 1 unspecified atom stereocenters. The maximum Gasteiger partial charge on any atom is 0.251 e. The van der Waals surface area contributed by atoms with Gasteiger partial charge < -0.3 is 19.7 Å². The number of hydrogen-bond acceptors (Lipinski definition) is 4. The van der Waals surface area contributed by atoms with Crippen LogP contribution in [0.1, 0.15) is 46.0 Å². The Morgan fingerprint density at radius 1 is 0.884 bits per heavy atom. The van der Waals surface area contributed by atoms with E-state index in [1.807, 2.05) is 73.7 Å². The minimum Gasteiger partial charge on any atom is -0.497 e. The number of fused-ring (bicyclic) bond motifs is 1. The van der Waals surface area contributed by atoms with Gasteiger partial charge in [-0.2, -0.15) is 0 Å². The summed E-state index contributed by atoms with van der Waals surface area (Å²) in [6.07, 6.45) is 1.72. The first kappa shape index (κ1) is 30.5. The SMILES string of the molecule is COc1ccc(CN2C(=O)C(C)(CCc3cc(C(=O)NCCc4ccccc4)ccc3Cl)c3cc(Cl)ccc32)c(OC)c1. The van der Waals surface area contributed by atoms with Crippen LogP contribution < -0.4 is 19.7 Å². The molecule has 0 aromatic heterocycles. The number of carbonyl (C=O) groups excluding carboxylic acids is 2. The van der Waals surface area contributed by atoms with E-state index in [9.17, 15) is 9.59 Å². The molecule has 5 rings (SSSR count). The van der Waals surface area contributed by atoms with Crippen molar-refractivity contribution < 1.29 is 19.1 Å². The standard InChI is InChI=1S/C35H34Cl2N2O4/c1-35(17-15-24-19-25(10-13-30(24)37)33(40)38-18-16-23-7-5-4-6-8-23)29-20-27(36)11-14-31(29)39(34(35)41)22-26-9-12-28(42-2)21-32(26)43-3/h4-14,19-21H,15-18,22H2,1-3H3,(H,38,40). The van der Waals surface area contributed by atoms with Gasteiger partial charge in [0.1, 0.15) is 11.5 Å². The molecule has 43 heavy (non-hydrogen) atoms. The molecule has 2 amide bonds. The van der Waals surface area contributed by atoms with Crippen LogP contribution in [-0.2, 0) is 29.6 Å². The third-order valence-electron chi connectivity index (χ3n) is 8.13. The zero-order valence-electron chi connectivity index (χ0n) is 24.5. The van der Waals surface area contributed by atoms with Gasteiger partial charge in [-0.15, -0.1) is 0 Å². The van der Waals surface area contributed by atoms with Crippen LogP contribution in [0.4, 0.5) is 5.69 Å². The Bertz CT molecular complexity index is 1640. The number of ether oxygens (including phenoxy) is 2. The van der Waals surface area contributed by atoms with Crippen molar-refractivity contribution in [2.24, 2.45) is 0 Å². The van der Waals surface area contributed by atoms with Gasteiger partial charge in [-0.3, -0.25) is 9.59 Å². The van der Waals surface area contributed by atoms with Crippen molar-refractivity contribution in [1.82, 2.24) is 5.32 Å². The molecule has 4 aromatic rings. The Labute approximate surface area is 262 Å². The number of hydrogen-bond donors (Lipinski definition) is 1. The number of benzene rings is 4. The van der Waals surface area contributed by atoms with Crippen molar-refractivity contribution in [2.75, 3.05) is 25.7 Å². The molecular formula is C35H34Cl2N2O4. The minimum absolute atomic E-state index is 0.0337. The van der Waals surface area contributed by atoms with Crippen LogP contribution >= 0.6 is 23.2 Å². The van der Waals surface area contributed by atoms with E-state index in [1.165, 1.54) is 0 Å². The number of methoxy groups -OCH3 is 2. The monoisotopic (exact) mass is 616 g/mol. The van der Waals surface area contributed by atoms with Gasteiger partial charge in [0, 0.05) is 39.5 Å². The fourth-order valence-electron chi connectivity index (χ4n) is 5.62. The van der Waals surface area contributed by atoms with Crippen LogP contribution in [0.25, 0.3) is 0 Å². The summed E-state index contributed by atoms with van der Waals surface area (Å²) >= 11 is 13.0. The Hall–Kier alpha value is -4.00. The number of nitrogens with one attached hydrogen (secondary N) is 1. The summed E-state index contributed by atoms with van der Waals surface area (Å²) in [5, 5.41) is 4.12. The number of halogens is 2. The Morgan fingerprint density at radius 2 is 1.67 bits per heavy atom. The van der Waals surface area contributed by atoms with Gasteiger partial charge in [0.05, 0.1) is 26.2 Å². The van der Waals surface area contributed by atoms with E-state index >= 15 is 0 Å². The average molecular weight is 618 g/mol. The number of aryl methyl sites for hydroxylation is 1. The van der Waals surface area contributed by atoms with Crippen molar-refractivity contribution in [1.29, 1.82) is 0 Å². The maximum absolute atomic E-state index is 14.2. The minimum atomic E-state index is -0.850. The average Bonchev–Trinajstić information content (AvgIpc) is 3.22. The maximum atomic E-state index is 14.2. The number of carbonyl (C=O) groups is 2. The van der Waals surface area contributed by atoms with Crippen molar-refractivity contribution >= 4 is 40.7 Å². The summed E-state index contributed by atoms with van der Waals surface area (Å²) < 4.78 is 10.9. The summed E-state index contributed by atoms with van der Waals surface area (Å²) in [5.41, 5.74) is 4.19. The predicted molar refractivity (Wildman–Crippen MR) is 172 cm³/mol. The Balaban J connectivity index is 1.34. The van der Waals surface area contributed by atoms with Gasteiger partial charge in [0.2, 0.25) is 5.91 Å². The molecule has 1 N–H and O–H groups in total. The smallest absolute Gasteiger partial charge is 0.251 e. The number of rotatable bonds is 11. The zero-order valence-corrected chi connectivity index (χ0v) is 26.0. The molecule has 0 fully saturated rings. The second-order valence-electron chi connectivity index (χ2n) is 10.9. The highest BCUT2D eigenvalue weighted by Crippen LogP contribution is 2.47. The third-order valence-corrected chi connectivity index (χ3v) is 8.73. The summed E-state index contributed by atoms with van der Waals surface area (Å²) in [6, 6.07) is 26.5. The Kier molecular flexibility index (Phi) is 9.28. The highest BCUT2D eigenvalue weighted by atomic mass is 35.5. The topological polar surface area (TPSA) is 67.9 Å². The lowest BCUT2D eigenvalue weighted by Crippen LogP contribution is -2.38. The lowest BCUT2D eigenvalue weighted by molar-refractivity contribution is -0.123. The van der Waals surface area contributed by atoms with E-state index in [-0.39, 0.29) is 11.8 Å². The second-order valence-corrected chi connectivity index (χ2v) is 11.7. The number of nitrogens with zero attached hydrogens (tertiary/aromatic N) is 1. The zero-order chi connectivity index (χ0) is 30.6. The summed E-state index contributed by atoms with van der Waals surface area (Å²) in [7, 11) is 3.20. The molecule has 6 nitrogen and oxygen atoms in total. The van der Waals surface area contributed by atoms with Crippen LogP contribution in [0, 0.1) is 0 Å². The van der Waals surface area contributed by atoms with Gasteiger partial charge >= 0.3 is 0 Å². The second kappa shape index (κ2) is 13.1. The van der Waals surface area contributed by atoms with E-state index in [4.69, 9.17) is 32.7 Å². The highest BCUT2D eigenvalue weighted by molar-refractivity contribution is 6.31. The molecule has 1 atom stereocenters. The summed E-state index contributed by atoms with van der Waals surface area (Å²) in [5.74, 6) is 1.12. The first-order chi connectivity index (χ1) is 20.7. The highest BCUT2D eigenvalue weighted by Gasteiger charge is 2.47.